The van der Waals surface area contributed by atoms with Crippen LogP contribution in [0.15, 0.2) is 12.2 Å². The van der Waals surface area contributed by atoms with E-state index in [0.29, 0.717) is 5.57 Å². The molecule has 4 nitrogen and oxygen atoms in total. The first-order valence-corrected chi connectivity index (χ1v) is 9.32. The molecule has 0 aromatic heterocycles. The molecule has 0 bridgehead atoms. The second kappa shape index (κ2) is 6.98. The number of methoxy groups -OCH3 is 1. The average Bonchev–Trinajstić information content (AvgIpc) is 2.46. The summed E-state index contributed by atoms with van der Waals surface area (Å²) in [6.45, 7) is 7.69. The Kier molecular flexibility index (Phi) is 6.13. The number of allylic oxidation sites excluding steroid dienone is 1. The van der Waals surface area contributed by atoms with Gasteiger partial charge >= 0.3 is 8.56 Å². The highest BCUT2D eigenvalue weighted by Gasteiger charge is 2.64. The van der Waals surface area contributed by atoms with Gasteiger partial charge in [0.2, 0.25) is 0 Å². The number of rotatable bonds is 7. The van der Waals surface area contributed by atoms with E-state index in [1.165, 1.54) is 0 Å². The molecule has 1 aliphatic rings. The van der Waals surface area contributed by atoms with Crippen molar-refractivity contribution in [1.82, 2.24) is 0 Å². The molecular weight excluding hydrogens is 272 g/mol. The standard InChI is InChI=1S/C15H28O4Si/c1-7-10-15(17-4)13(14(16)12(2)3)9-8-11-20(15,18-5)19-6/h13H,2,7-11H2,1,3-6H3. The van der Waals surface area contributed by atoms with Crippen LogP contribution in [-0.2, 0) is 18.4 Å². The van der Waals surface area contributed by atoms with Crippen LogP contribution >= 0.6 is 0 Å². The Bertz CT molecular complexity index is 365. The van der Waals surface area contributed by atoms with Gasteiger partial charge in [-0.25, -0.2) is 0 Å². The molecule has 0 aromatic rings. The summed E-state index contributed by atoms with van der Waals surface area (Å²) in [6.07, 6.45) is 3.46. The van der Waals surface area contributed by atoms with E-state index in [1.807, 2.05) is 0 Å². The minimum Gasteiger partial charge on any atom is -0.396 e. The first-order valence-electron chi connectivity index (χ1n) is 7.29. The van der Waals surface area contributed by atoms with Crippen LogP contribution in [0.3, 0.4) is 0 Å². The third-order valence-corrected chi connectivity index (χ3v) is 9.01. The number of carbonyl (C=O) groups is 1. The van der Waals surface area contributed by atoms with Gasteiger partial charge in [-0.05, 0) is 31.4 Å². The van der Waals surface area contributed by atoms with E-state index in [-0.39, 0.29) is 11.7 Å². The highest BCUT2D eigenvalue weighted by molar-refractivity contribution is 6.71. The number of hydrogen-bond acceptors (Lipinski definition) is 4. The number of carbonyl (C=O) groups excluding carboxylic acids is 1. The van der Waals surface area contributed by atoms with Gasteiger partial charge in [0.05, 0.1) is 5.92 Å². The van der Waals surface area contributed by atoms with Crippen LogP contribution in [0.4, 0.5) is 0 Å². The van der Waals surface area contributed by atoms with Crippen molar-refractivity contribution >= 4 is 14.3 Å². The zero-order valence-corrected chi connectivity index (χ0v) is 14.5. The molecular formula is C15H28O4Si. The van der Waals surface area contributed by atoms with Gasteiger partial charge in [0, 0.05) is 21.3 Å². The Morgan fingerprint density at radius 3 is 2.35 bits per heavy atom. The summed E-state index contributed by atoms with van der Waals surface area (Å²) < 4.78 is 17.7. The minimum atomic E-state index is -2.59. The first kappa shape index (κ1) is 17.6. The Morgan fingerprint density at radius 1 is 1.35 bits per heavy atom. The fraction of sp³-hybridized carbons (Fsp3) is 0.800. The first-order chi connectivity index (χ1) is 9.44. The quantitative estimate of drug-likeness (QED) is 0.535. The van der Waals surface area contributed by atoms with Gasteiger partial charge in [0.15, 0.2) is 5.78 Å². The van der Waals surface area contributed by atoms with E-state index in [4.69, 9.17) is 13.6 Å². The molecule has 0 spiro atoms. The van der Waals surface area contributed by atoms with Gasteiger partial charge < -0.3 is 13.6 Å². The molecule has 0 aromatic carbocycles. The maximum atomic E-state index is 12.6. The summed E-state index contributed by atoms with van der Waals surface area (Å²) in [4.78, 5) is 12.6. The molecule has 0 radical (unpaired) electrons. The number of hydrogen-bond donors (Lipinski definition) is 0. The van der Waals surface area contributed by atoms with E-state index in [0.717, 1.165) is 31.7 Å². The molecule has 0 N–H and O–H groups in total. The summed E-state index contributed by atoms with van der Waals surface area (Å²) >= 11 is 0. The van der Waals surface area contributed by atoms with Crippen molar-refractivity contribution in [2.24, 2.45) is 5.92 Å². The zero-order valence-electron chi connectivity index (χ0n) is 13.5. The van der Waals surface area contributed by atoms with Crippen molar-refractivity contribution in [3.63, 3.8) is 0 Å². The van der Waals surface area contributed by atoms with Crippen molar-refractivity contribution in [2.75, 3.05) is 21.3 Å². The fourth-order valence-corrected chi connectivity index (χ4v) is 7.77. The highest BCUT2D eigenvalue weighted by Crippen LogP contribution is 2.47. The van der Waals surface area contributed by atoms with Gasteiger partial charge in [0.1, 0.15) is 5.22 Å². The Hall–Kier alpha value is -0.493. The van der Waals surface area contributed by atoms with Gasteiger partial charge in [-0.3, -0.25) is 4.79 Å². The monoisotopic (exact) mass is 300 g/mol. The zero-order chi connectivity index (χ0) is 15.4. The topological polar surface area (TPSA) is 44.8 Å². The lowest BCUT2D eigenvalue weighted by Gasteiger charge is -2.51. The average molecular weight is 300 g/mol. The minimum absolute atomic E-state index is 0.0889. The van der Waals surface area contributed by atoms with Crippen LogP contribution < -0.4 is 0 Å². The van der Waals surface area contributed by atoms with E-state index in [2.05, 4.69) is 13.5 Å². The lowest BCUT2D eigenvalue weighted by Crippen LogP contribution is -2.69. The molecule has 0 saturated carbocycles. The molecule has 5 heteroatoms. The SMILES string of the molecule is C=C(C)C(=O)C1CCC[Si](OC)(OC)C1(CCC)OC. The summed E-state index contributed by atoms with van der Waals surface area (Å²) in [5.74, 6) is -0.115. The van der Waals surface area contributed by atoms with Crippen molar-refractivity contribution in [3.05, 3.63) is 12.2 Å². The highest BCUT2D eigenvalue weighted by atomic mass is 28.4. The van der Waals surface area contributed by atoms with Crippen LogP contribution in [0.2, 0.25) is 6.04 Å². The van der Waals surface area contributed by atoms with Crippen LogP contribution in [0.25, 0.3) is 0 Å². The van der Waals surface area contributed by atoms with Crippen LogP contribution in [0, 0.1) is 5.92 Å². The second-order valence-electron chi connectivity index (χ2n) is 5.59. The molecule has 1 saturated heterocycles. The maximum Gasteiger partial charge on any atom is 0.371 e. The summed E-state index contributed by atoms with van der Waals surface area (Å²) in [6, 6.07) is 0.869. The van der Waals surface area contributed by atoms with E-state index in [9.17, 15) is 4.79 Å². The summed E-state index contributed by atoms with van der Waals surface area (Å²) in [7, 11) is 2.47. The predicted octanol–water partition coefficient (Wildman–Crippen LogP) is 3.00. The Labute approximate surface area is 123 Å². The normalized spacial score (nSPS) is 29.1. The smallest absolute Gasteiger partial charge is 0.371 e. The van der Waals surface area contributed by atoms with Gasteiger partial charge in [-0.15, -0.1) is 0 Å². The van der Waals surface area contributed by atoms with Crippen LogP contribution in [-0.4, -0.2) is 40.9 Å². The Morgan fingerprint density at radius 2 is 1.95 bits per heavy atom. The van der Waals surface area contributed by atoms with Crippen molar-refractivity contribution in [1.29, 1.82) is 0 Å². The van der Waals surface area contributed by atoms with Gasteiger partial charge in [-0.1, -0.05) is 26.3 Å². The molecule has 116 valence electrons. The lowest BCUT2D eigenvalue weighted by atomic mass is 9.86. The lowest BCUT2D eigenvalue weighted by molar-refractivity contribution is -0.131. The molecule has 0 aliphatic carbocycles. The van der Waals surface area contributed by atoms with E-state index < -0.39 is 13.8 Å². The third-order valence-electron chi connectivity index (χ3n) is 4.59. The molecule has 2 atom stereocenters. The molecule has 1 heterocycles. The molecule has 1 aliphatic heterocycles. The fourth-order valence-electron chi connectivity index (χ4n) is 3.66. The molecule has 1 fully saturated rings. The maximum absolute atomic E-state index is 12.6. The largest absolute Gasteiger partial charge is 0.396 e. The summed E-state index contributed by atoms with van der Waals surface area (Å²) in [5, 5.41) is -0.612. The third kappa shape index (κ3) is 2.64. The van der Waals surface area contributed by atoms with Gasteiger partial charge in [-0.2, -0.15) is 0 Å². The molecule has 20 heavy (non-hydrogen) atoms. The number of Topliss-reactive ketones (excluding diaryl/α,β-unsaturated/α-hetero) is 1. The van der Waals surface area contributed by atoms with Crippen LogP contribution in [0.1, 0.15) is 39.5 Å². The van der Waals surface area contributed by atoms with Crippen molar-refractivity contribution in [3.8, 4) is 0 Å². The van der Waals surface area contributed by atoms with Crippen molar-refractivity contribution in [2.45, 2.75) is 50.8 Å². The molecule has 0 amide bonds. The molecule has 1 rings (SSSR count). The molecule has 2 unspecified atom stereocenters. The summed E-state index contributed by atoms with van der Waals surface area (Å²) in [5.41, 5.74) is 0.588. The second-order valence-corrected chi connectivity index (χ2v) is 9.26. The van der Waals surface area contributed by atoms with E-state index >= 15 is 0 Å². The van der Waals surface area contributed by atoms with E-state index in [1.54, 1.807) is 28.3 Å². The number of ketones is 1. The van der Waals surface area contributed by atoms with Gasteiger partial charge in [0.25, 0.3) is 0 Å². The Balaban J connectivity index is 3.34. The van der Waals surface area contributed by atoms with Crippen LogP contribution in [0.5, 0.6) is 0 Å². The van der Waals surface area contributed by atoms with Crippen molar-refractivity contribution < 1.29 is 18.4 Å². The predicted molar refractivity (Wildman–Crippen MR) is 81.8 cm³/mol. The number of ether oxygens (including phenoxy) is 1.